The van der Waals surface area contributed by atoms with E-state index in [0.29, 0.717) is 0 Å². The number of aromatic amines is 1. The number of phosphoric acid groups is 1. The van der Waals surface area contributed by atoms with Gasteiger partial charge in [-0.2, -0.15) is 0 Å². The van der Waals surface area contributed by atoms with Crippen LogP contribution in [-0.2, 0) is 23.1 Å². The number of nitrogens with one attached hydrogen (secondary N) is 1. The molecule has 0 spiro atoms. The lowest BCUT2D eigenvalue weighted by molar-refractivity contribution is -0.112. The van der Waals surface area contributed by atoms with Crippen molar-refractivity contribution in [1.82, 2.24) is 9.55 Å². The van der Waals surface area contributed by atoms with Crippen LogP contribution < -0.4 is 21.5 Å². The Morgan fingerprint density at radius 3 is 2.72 bits per heavy atom. The van der Waals surface area contributed by atoms with Gasteiger partial charge in [-0.25, -0.2) is 9.36 Å². The summed E-state index contributed by atoms with van der Waals surface area (Å²) in [7, 11) is -4.24. The number of aryl methyl sites for hydroxylation is 1. The molecule has 16 heteroatoms. The number of H-pyrrole nitrogens is 1. The van der Waals surface area contributed by atoms with Crippen LogP contribution in [0.2, 0.25) is 0 Å². The fourth-order valence-electron chi connectivity index (χ4n) is 3.55. The minimum absolute atomic E-state index is 0.0306. The number of carbonyl (C=O) groups is 1. The SMILES string of the molecule is Cc1cn([C@H]2C[C@H](N=[N+]=[N-])[C@@H](COP(=O)(OCCSC(=O)[C@@H](N)C(C)C)Oc3ccccc3)O2)c(=O)[nH]c1=O. The zero-order valence-corrected chi connectivity index (χ0v) is 23.4. The minimum atomic E-state index is -4.24. The van der Waals surface area contributed by atoms with Gasteiger partial charge in [0.25, 0.3) is 5.56 Å². The van der Waals surface area contributed by atoms with E-state index in [2.05, 4.69) is 15.0 Å². The van der Waals surface area contributed by atoms with E-state index in [4.69, 9.17) is 29.6 Å². The minimum Gasteiger partial charge on any atom is -0.404 e. The van der Waals surface area contributed by atoms with Crippen LogP contribution >= 0.6 is 19.6 Å². The van der Waals surface area contributed by atoms with E-state index in [9.17, 15) is 18.9 Å². The molecular formula is C23H31N6O8PS. The molecule has 1 unspecified atom stereocenters. The van der Waals surface area contributed by atoms with Gasteiger partial charge in [0.2, 0.25) is 5.12 Å². The Morgan fingerprint density at radius 1 is 1.33 bits per heavy atom. The van der Waals surface area contributed by atoms with Crippen LogP contribution in [0, 0.1) is 12.8 Å². The number of ether oxygens (including phenoxy) is 1. The van der Waals surface area contributed by atoms with Gasteiger partial charge in [0.1, 0.15) is 12.0 Å². The number of para-hydroxylation sites is 1. The number of carbonyl (C=O) groups excluding carboxylic acids is 1. The fourth-order valence-corrected chi connectivity index (χ4v) is 5.71. The van der Waals surface area contributed by atoms with Crippen molar-refractivity contribution in [2.45, 2.75) is 51.6 Å². The molecule has 2 heterocycles. The summed E-state index contributed by atoms with van der Waals surface area (Å²) < 4.78 is 37.2. The van der Waals surface area contributed by atoms with Gasteiger partial charge < -0.3 is 15.0 Å². The number of rotatable bonds is 13. The summed E-state index contributed by atoms with van der Waals surface area (Å²) in [6.07, 6.45) is -0.344. The lowest BCUT2D eigenvalue weighted by atomic mass is 10.1. The van der Waals surface area contributed by atoms with Gasteiger partial charge in [-0.3, -0.25) is 28.2 Å². The number of benzene rings is 1. The third-order valence-corrected chi connectivity index (χ3v) is 8.11. The second-order valence-corrected chi connectivity index (χ2v) is 11.7. The standard InChI is InChI=1S/C23H31N6O8PS/c1-14(2)20(24)22(31)39-10-9-34-38(33,37-16-7-5-4-6-8-16)35-13-18-17(27-28-25)11-19(36-18)29-12-15(3)21(30)26-23(29)32/h4-8,12,14,17-20H,9-11,13,24H2,1-3H3,(H,26,30,32)/t17-,18+,19+,20-,38?/m0/s1. The van der Waals surface area contributed by atoms with Crippen LogP contribution in [0.25, 0.3) is 10.4 Å². The molecule has 1 aromatic heterocycles. The number of nitrogens with two attached hydrogens (primary N) is 1. The summed E-state index contributed by atoms with van der Waals surface area (Å²) in [6.45, 7) is 4.69. The van der Waals surface area contributed by atoms with Crippen LogP contribution in [0.4, 0.5) is 0 Å². The summed E-state index contributed by atoms with van der Waals surface area (Å²) in [6, 6.07) is 6.81. The highest BCUT2D eigenvalue weighted by molar-refractivity contribution is 8.13. The lowest BCUT2D eigenvalue weighted by Gasteiger charge is -2.22. The molecule has 0 saturated carbocycles. The maximum Gasteiger partial charge on any atom is 0.530 e. The number of thioether (sulfide) groups is 1. The predicted molar refractivity (Wildman–Crippen MR) is 144 cm³/mol. The Bertz CT molecular complexity index is 1350. The first-order chi connectivity index (χ1) is 18.5. The van der Waals surface area contributed by atoms with Crippen LogP contribution in [-0.4, -0.2) is 51.8 Å². The number of aromatic nitrogens is 2. The Balaban J connectivity index is 1.71. The van der Waals surface area contributed by atoms with E-state index < -0.39 is 43.5 Å². The molecule has 0 bridgehead atoms. The molecule has 5 atom stereocenters. The van der Waals surface area contributed by atoms with Crippen molar-refractivity contribution in [2.75, 3.05) is 19.0 Å². The van der Waals surface area contributed by atoms with E-state index in [-0.39, 0.29) is 47.7 Å². The fraction of sp³-hybridized carbons (Fsp3) is 0.522. The van der Waals surface area contributed by atoms with E-state index in [0.717, 1.165) is 11.8 Å². The third kappa shape index (κ3) is 8.54. The molecule has 0 aliphatic carbocycles. The molecule has 1 aliphatic rings. The van der Waals surface area contributed by atoms with E-state index >= 15 is 0 Å². The largest absolute Gasteiger partial charge is 0.530 e. The first-order valence-electron chi connectivity index (χ1n) is 12.1. The summed E-state index contributed by atoms with van der Waals surface area (Å²) in [5, 5.41) is 3.51. The molecule has 0 amide bonds. The molecule has 39 heavy (non-hydrogen) atoms. The number of nitrogens with zero attached hydrogens (tertiary/aromatic N) is 4. The molecular weight excluding hydrogens is 551 g/mol. The van der Waals surface area contributed by atoms with E-state index in [1.54, 1.807) is 30.3 Å². The Morgan fingerprint density at radius 2 is 2.05 bits per heavy atom. The molecule has 0 radical (unpaired) electrons. The first-order valence-corrected chi connectivity index (χ1v) is 14.6. The van der Waals surface area contributed by atoms with Crippen molar-refractivity contribution in [3.05, 3.63) is 73.4 Å². The summed E-state index contributed by atoms with van der Waals surface area (Å²) in [5.74, 6) is 0.346. The quantitative estimate of drug-likeness (QED) is 0.116. The van der Waals surface area contributed by atoms with Crippen LogP contribution in [0.5, 0.6) is 5.75 Å². The summed E-state index contributed by atoms with van der Waals surface area (Å²) in [5.41, 5.74) is 14.0. The van der Waals surface area contributed by atoms with Crippen molar-refractivity contribution in [3.63, 3.8) is 0 Å². The monoisotopic (exact) mass is 582 g/mol. The average Bonchev–Trinajstić information content (AvgIpc) is 3.30. The van der Waals surface area contributed by atoms with Gasteiger partial charge in [0.05, 0.1) is 31.4 Å². The highest BCUT2D eigenvalue weighted by atomic mass is 32.2. The van der Waals surface area contributed by atoms with Gasteiger partial charge in [-0.05, 0) is 30.5 Å². The first kappa shape index (κ1) is 30.6. The normalized spacial score (nSPS) is 21.2. The van der Waals surface area contributed by atoms with Gasteiger partial charge in [-0.15, -0.1) is 0 Å². The molecule has 3 N–H and O–H groups in total. The van der Waals surface area contributed by atoms with Crippen molar-refractivity contribution >= 4 is 24.7 Å². The molecule has 212 valence electrons. The third-order valence-electron chi connectivity index (χ3n) is 5.79. The Labute approximate surface area is 228 Å². The summed E-state index contributed by atoms with van der Waals surface area (Å²) >= 11 is 0.953. The number of azide groups is 1. The molecule has 1 fully saturated rings. The predicted octanol–water partition coefficient (Wildman–Crippen LogP) is 3.27. The van der Waals surface area contributed by atoms with Gasteiger partial charge in [-0.1, -0.05) is 48.9 Å². The van der Waals surface area contributed by atoms with Gasteiger partial charge >= 0.3 is 13.5 Å². The van der Waals surface area contributed by atoms with Crippen molar-refractivity contribution in [1.29, 1.82) is 0 Å². The van der Waals surface area contributed by atoms with E-state index in [1.165, 1.54) is 17.7 Å². The maximum absolute atomic E-state index is 13.5. The van der Waals surface area contributed by atoms with Crippen LogP contribution in [0.1, 0.15) is 32.1 Å². The van der Waals surface area contributed by atoms with Crippen molar-refractivity contribution < 1.29 is 27.7 Å². The second-order valence-electron chi connectivity index (χ2n) is 9.03. The smallest absolute Gasteiger partial charge is 0.404 e. The highest BCUT2D eigenvalue weighted by Crippen LogP contribution is 2.50. The number of hydrogen-bond donors (Lipinski definition) is 2. The van der Waals surface area contributed by atoms with Gasteiger partial charge in [0, 0.05) is 28.8 Å². The topological polar surface area (TPSA) is 201 Å². The lowest BCUT2D eigenvalue weighted by Crippen LogP contribution is -2.33. The molecule has 1 saturated heterocycles. The zero-order chi connectivity index (χ0) is 28.6. The maximum atomic E-state index is 13.5. The molecule has 3 rings (SSSR count). The number of phosphoric ester groups is 1. The van der Waals surface area contributed by atoms with Gasteiger partial charge in [0.15, 0.2) is 0 Å². The van der Waals surface area contributed by atoms with Crippen LogP contribution in [0.3, 0.4) is 0 Å². The molecule has 1 aromatic carbocycles. The summed E-state index contributed by atoms with van der Waals surface area (Å²) in [4.78, 5) is 41.2. The van der Waals surface area contributed by atoms with E-state index in [1.807, 2.05) is 13.8 Å². The highest BCUT2D eigenvalue weighted by Gasteiger charge is 2.39. The molecule has 2 aromatic rings. The van der Waals surface area contributed by atoms with Crippen molar-refractivity contribution in [2.24, 2.45) is 16.8 Å². The Hall–Kier alpha value is -2.90. The second kappa shape index (κ2) is 13.9. The zero-order valence-electron chi connectivity index (χ0n) is 21.7. The molecule has 1 aliphatic heterocycles. The number of hydrogen-bond acceptors (Lipinski definition) is 11. The Kier molecular flexibility index (Phi) is 11.0. The van der Waals surface area contributed by atoms with Crippen molar-refractivity contribution in [3.8, 4) is 5.75 Å². The average molecular weight is 583 g/mol. The van der Waals surface area contributed by atoms with Crippen LogP contribution in [0.15, 0.2) is 51.2 Å². The molecule has 14 nitrogen and oxygen atoms in total.